The molecule has 0 aliphatic heterocycles. The Labute approximate surface area is 76.4 Å². The summed E-state index contributed by atoms with van der Waals surface area (Å²) in [6.45, 7) is 2.18. The maximum Gasteiger partial charge on any atom is 0.266 e. The molecule has 4 heteroatoms. The topological polar surface area (TPSA) is 57.8 Å². The lowest BCUT2D eigenvalue weighted by molar-refractivity contribution is 0.774. The van der Waals surface area contributed by atoms with E-state index in [-0.39, 0.29) is 5.56 Å². The van der Waals surface area contributed by atoms with Gasteiger partial charge in [-0.25, -0.2) is 5.10 Å². The number of aromatic amines is 1. The molecule has 70 valence electrons. The highest BCUT2D eigenvalue weighted by molar-refractivity contribution is 5.41. The van der Waals surface area contributed by atoms with Crippen LogP contribution >= 0.6 is 0 Å². The first-order valence-electron chi connectivity index (χ1n) is 4.61. The van der Waals surface area contributed by atoms with Gasteiger partial charge in [-0.15, -0.1) is 0 Å². The highest BCUT2D eigenvalue weighted by Crippen LogP contribution is 2.35. The number of hydrogen-bond donors (Lipinski definition) is 2. The number of anilines is 1. The van der Waals surface area contributed by atoms with E-state index in [9.17, 15) is 4.79 Å². The third-order valence-corrected chi connectivity index (χ3v) is 2.46. The maximum atomic E-state index is 10.9. The van der Waals surface area contributed by atoms with Crippen molar-refractivity contribution in [3.05, 3.63) is 22.6 Å². The van der Waals surface area contributed by atoms with E-state index in [2.05, 4.69) is 22.4 Å². The van der Waals surface area contributed by atoms with E-state index >= 15 is 0 Å². The monoisotopic (exact) mass is 179 g/mol. The van der Waals surface area contributed by atoms with Gasteiger partial charge in [-0.1, -0.05) is 13.3 Å². The van der Waals surface area contributed by atoms with Gasteiger partial charge in [0, 0.05) is 12.1 Å². The number of nitrogens with zero attached hydrogens (tertiary/aromatic N) is 1. The Morgan fingerprint density at radius 1 is 1.77 bits per heavy atom. The summed E-state index contributed by atoms with van der Waals surface area (Å²) >= 11 is 0. The molecule has 2 unspecified atom stereocenters. The van der Waals surface area contributed by atoms with Crippen LogP contribution in [0.5, 0.6) is 0 Å². The highest BCUT2D eigenvalue weighted by atomic mass is 16.1. The predicted molar refractivity (Wildman–Crippen MR) is 50.7 cm³/mol. The van der Waals surface area contributed by atoms with Crippen LogP contribution in [0.4, 0.5) is 5.69 Å². The second kappa shape index (κ2) is 3.20. The third kappa shape index (κ3) is 1.88. The zero-order chi connectivity index (χ0) is 9.26. The van der Waals surface area contributed by atoms with E-state index < -0.39 is 0 Å². The Hall–Kier alpha value is -1.32. The number of hydrogen-bond acceptors (Lipinski definition) is 3. The SMILES string of the molecule is CCC1CC1Nc1cn[nH]c(=O)c1. The number of rotatable bonds is 3. The van der Waals surface area contributed by atoms with Gasteiger partial charge in [-0.2, -0.15) is 5.10 Å². The van der Waals surface area contributed by atoms with Gasteiger partial charge in [0.2, 0.25) is 0 Å². The van der Waals surface area contributed by atoms with Gasteiger partial charge in [0.25, 0.3) is 5.56 Å². The van der Waals surface area contributed by atoms with Crippen LogP contribution in [-0.2, 0) is 0 Å². The fourth-order valence-corrected chi connectivity index (χ4v) is 1.54. The molecule has 2 rings (SSSR count). The van der Waals surface area contributed by atoms with E-state index in [4.69, 9.17) is 0 Å². The summed E-state index contributed by atoms with van der Waals surface area (Å²) in [4.78, 5) is 10.9. The van der Waals surface area contributed by atoms with Gasteiger partial charge in [0.1, 0.15) is 0 Å². The Morgan fingerprint density at radius 3 is 3.23 bits per heavy atom. The summed E-state index contributed by atoms with van der Waals surface area (Å²) in [6, 6.07) is 2.09. The molecule has 0 radical (unpaired) electrons. The predicted octanol–water partition coefficient (Wildman–Crippen LogP) is 0.980. The van der Waals surface area contributed by atoms with Gasteiger partial charge < -0.3 is 5.32 Å². The van der Waals surface area contributed by atoms with Gasteiger partial charge in [0.15, 0.2) is 0 Å². The number of H-pyrrole nitrogens is 1. The molecule has 0 bridgehead atoms. The van der Waals surface area contributed by atoms with Crippen molar-refractivity contribution in [2.24, 2.45) is 5.92 Å². The van der Waals surface area contributed by atoms with Crippen molar-refractivity contribution in [3.63, 3.8) is 0 Å². The molecule has 0 aromatic carbocycles. The van der Waals surface area contributed by atoms with E-state index in [0.29, 0.717) is 6.04 Å². The fourth-order valence-electron chi connectivity index (χ4n) is 1.54. The van der Waals surface area contributed by atoms with Crippen LogP contribution in [0.3, 0.4) is 0 Å². The number of nitrogens with one attached hydrogen (secondary N) is 2. The van der Waals surface area contributed by atoms with Gasteiger partial charge >= 0.3 is 0 Å². The molecular weight excluding hydrogens is 166 g/mol. The molecule has 2 atom stereocenters. The Kier molecular flexibility index (Phi) is 2.04. The Bertz CT molecular complexity index is 347. The van der Waals surface area contributed by atoms with Crippen LogP contribution in [0.25, 0.3) is 0 Å². The van der Waals surface area contributed by atoms with Crippen molar-refractivity contribution < 1.29 is 0 Å². The van der Waals surface area contributed by atoms with Crippen LogP contribution < -0.4 is 10.9 Å². The molecular formula is C9H13N3O. The van der Waals surface area contributed by atoms with Crippen molar-refractivity contribution in [3.8, 4) is 0 Å². The van der Waals surface area contributed by atoms with Crippen LogP contribution in [-0.4, -0.2) is 16.2 Å². The molecule has 0 spiro atoms. The molecule has 0 saturated heterocycles. The normalized spacial score (nSPS) is 25.6. The minimum Gasteiger partial charge on any atom is -0.381 e. The van der Waals surface area contributed by atoms with E-state index in [1.54, 1.807) is 6.20 Å². The second-order valence-electron chi connectivity index (χ2n) is 3.49. The molecule has 1 aliphatic rings. The summed E-state index contributed by atoms with van der Waals surface area (Å²) in [7, 11) is 0. The molecule has 13 heavy (non-hydrogen) atoms. The Morgan fingerprint density at radius 2 is 2.62 bits per heavy atom. The lowest BCUT2D eigenvalue weighted by Gasteiger charge is -2.02. The van der Waals surface area contributed by atoms with Crippen LogP contribution in [0.15, 0.2) is 17.1 Å². The summed E-state index contributed by atoms with van der Waals surface area (Å²) in [6.07, 6.45) is 4.06. The van der Waals surface area contributed by atoms with Gasteiger partial charge in [-0.3, -0.25) is 4.79 Å². The fraction of sp³-hybridized carbons (Fsp3) is 0.556. The molecule has 0 amide bonds. The average molecular weight is 179 g/mol. The summed E-state index contributed by atoms with van der Waals surface area (Å²) < 4.78 is 0. The van der Waals surface area contributed by atoms with Crippen molar-refractivity contribution in [2.45, 2.75) is 25.8 Å². The molecule has 2 N–H and O–H groups in total. The smallest absolute Gasteiger partial charge is 0.266 e. The first-order chi connectivity index (χ1) is 6.29. The van der Waals surface area contributed by atoms with Crippen molar-refractivity contribution in [1.29, 1.82) is 0 Å². The largest absolute Gasteiger partial charge is 0.381 e. The van der Waals surface area contributed by atoms with Crippen LogP contribution in [0, 0.1) is 5.92 Å². The molecule has 4 nitrogen and oxygen atoms in total. The van der Waals surface area contributed by atoms with Crippen molar-refractivity contribution in [1.82, 2.24) is 10.2 Å². The molecule has 1 aliphatic carbocycles. The molecule has 1 fully saturated rings. The third-order valence-electron chi connectivity index (χ3n) is 2.46. The highest BCUT2D eigenvalue weighted by Gasteiger charge is 2.35. The standard InChI is InChI=1S/C9H13N3O/c1-2-6-3-8(6)11-7-4-9(13)12-10-5-7/h4-6,8H,2-3H2,1H3,(H2,11,12,13). The van der Waals surface area contributed by atoms with E-state index in [1.807, 2.05) is 0 Å². The van der Waals surface area contributed by atoms with Gasteiger partial charge in [-0.05, 0) is 12.3 Å². The molecule has 1 heterocycles. The Balaban J connectivity index is 1.99. The minimum absolute atomic E-state index is 0.154. The lowest BCUT2D eigenvalue weighted by atomic mass is 10.3. The summed E-state index contributed by atoms with van der Waals surface area (Å²) in [5, 5.41) is 9.34. The zero-order valence-corrected chi connectivity index (χ0v) is 7.58. The molecule has 1 saturated carbocycles. The lowest BCUT2D eigenvalue weighted by Crippen LogP contribution is -2.11. The minimum atomic E-state index is -0.154. The molecule has 1 aromatic rings. The quantitative estimate of drug-likeness (QED) is 0.727. The zero-order valence-electron chi connectivity index (χ0n) is 7.58. The van der Waals surface area contributed by atoms with Crippen molar-refractivity contribution >= 4 is 5.69 Å². The van der Waals surface area contributed by atoms with E-state index in [1.165, 1.54) is 18.9 Å². The van der Waals surface area contributed by atoms with Crippen LogP contribution in [0.2, 0.25) is 0 Å². The first-order valence-corrected chi connectivity index (χ1v) is 4.61. The van der Waals surface area contributed by atoms with Gasteiger partial charge in [0.05, 0.1) is 11.9 Å². The first kappa shape index (κ1) is 8.29. The number of aromatic nitrogens is 2. The summed E-state index contributed by atoms with van der Waals surface area (Å²) in [5.74, 6) is 0.777. The molecule has 1 aromatic heterocycles. The van der Waals surface area contributed by atoms with E-state index in [0.717, 1.165) is 11.6 Å². The van der Waals surface area contributed by atoms with Crippen molar-refractivity contribution in [2.75, 3.05) is 5.32 Å². The maximum absolute atomic E-state index is 10.9. The second-order valence-corrected chi connectivity index (χ2v) is 3.49. The van der Waals surface area contributed by atoms with Crippen LogP contribution in [0.1, 0.15) is 19.8 Å². The average Bonchev–Trinajstić information content (AvgIpc) is 2.83. The summed E-state index contributed by atoms with van der Waals surface area (Å²) in [5.41, 5.74) is 0.670.